The fourth-order valence-electron chi connectivity index (χ4n) is 3.59. The van der Waals surface area contributed by atoms with Crippen molar-refractivity contribution in [3.8, 4) is 0 Å². The smallest absolute Gasteiger partial charge is 0.251 e. The van der Waals surface area contributed by atoms with E-state index in [0.717, 1.165) is 44.3 Å². The van der Waals surface area contributed by atoms with Gasteiger partial charge in [-0.15, -0.1) is 0 Å². The molecule has 3 rings (SSSR count). The number of allylic oxidation sites excluding steroid dienone is 1. The van der Waals surface area contributed by atoms with E-state index in [-0.39, 0.29) is 5.91 Å². The molecule has 26 heavy (non-hydrogen) atoms. The molecule has 2 aliphatic rings. The summed E-state index contributed by atoms with van der Waals surface area (Å²) in [5, 5.41) is 2.96. The predicted octanol–water partition coefficient (Wildman–Crippen LogP) is 4.32. The molecule has 0 radical (unpaired) electrons. The lowest BCUT2D eigenvalue weighted by Crippen LogP contribution is -2.47. The third kappa shape index (κ3) is 4.86. The maximum Gasteiger partial charge on any atom is 0.251 e. The summed E-state index contributed by atoms with van der Waals surface area (Å²) in [4.78, 5) is 15.0. The van der Waals surface area contributed by atoms with E-state index >= 15 is 0 Å². The highest BCUT2D eigenvalue weighted by atomic mass is 35.6. The number of hydrogen-bond acceptors (Lipinski definition) is 3. The Hall–Kier alpha value is -0.940. The summed E-state index contributed by atoms with van der Waals surface area (Å²) < 4.78 is 3.85. The highest BCUT2D eigenvalue weighted by Crippen LogP contribution is 2.40. The number of ether oxygens (including phenoxy) is 1. The van der Waals surface area contributed by atoms with Crippen LogP contribution in [0, 0.1) is 0 Å². The van der Waals surface area contributed by atoms with Crippen LogP contribution in [0.4, 0.5) is 0 Å². The second kappa shape index (κ2) is 8.83. The average Bonchev–Trinajstić information content (AvgIpc) is 2.66. The van der Waals surface area contributed by atoms with Crippen LogP contribution in [0.25, 0.3) is 0 Å². The molecule has 1 heterocycles. The number of nitrogens with zero attached hydrogens (tertiary/aromatic N) is 1. The molecule has 1 atom stereocenters. The maximum atomic E-state index is 12.7. The minimum absolute atomic E-state index is 0.235. The molecule has 142 valence electrons. The van der Waals surface area contributed by atoms with Crippen molar-refractivity contribution in [2.75, 3.05) is 26.3 Å². The van der Waals surface area contributed by atoms with Crippen LogP contribution in [0.5, 0.6) is 0 Å². The van der Waals surface area contributed by atoms with Crippen LogP contribution in [-0.4, -0.2) is 46.9 Å². The van der Waals surface area contributed by atoms with Gasteiger partial charge in [0.1, 0.15) is 0 Å². The summed E-state index contributed by atoms with van der Waals surface area (Å²) in [7, 11) is 0. The van der Waals surface area contributed by atoms with E-state index < -0.39 is 9.83 Å². The second-order valence-corrected chi connectivity index (χ2v) is 8.96. The molecule has 7 heteroatoms. The van der Waals surface area contributed by atoms with Crippen LogP contribution in [0.2, 0.25) is 0 Å². The molecule has 1 aromatic rings. The number of rotatable bonds is 4. The molecule has 0 aromatic heterocycles. The highest BCUT2D eigenvalue weighted by molar-refractivity contribution is 6.68. The van der Waals surface area contributed by atoms with Gasteiger partial charge in [-0.3, -0.25) is 4.79 Å². The molecule has 0 saturated carbocycles. The Balaban J connectivity index is 1.90. The van der Waals surface area contributed by atoms with Gasteiger partial charge in [-0.05, 0) is 43.4 Å². The molecule has 1 fully saturated rings. The first-order chi connectivity index (χ1) is 12.5. The van der Waals surface area contributed by atoms with E-state index in [0.29, 0.717) is 18.8 Å². The lowest BCUT2D eigenvalue weighted by Gasteiger charge is -2.39. The number of hydrogen-bond donors (Lipinski definition) is 1. The average molecular weight is 418 g/mol. The molecule has 1 N–H and O–H groups in total. The zero-order chi connectivity index (χ0) is 18.6. The third-order valence-corrected chi connectivity index (χ3v) is 5.52. The number of carbonyl (C=O) groups excluding carboxylic acids is 1. The first-order valence-electron chi connectivity index (χ1n) is 8.94. The minimum Gasteiger partial charge on any atom is -0.378 e. The Morgan fingerprint density at radius 3 is 2.38 bits per heavy atom. The number of morpholine rings is 1. The molecule has 1 saturated heterocycles. The zero-order valence-corrected chi connectivity index (χ0v) is 16.8. The molecule has 1 aliphatic carbocycles. The van der Waals surface area contributed by atoms with Crippen molar-refractivity contribution in [1.82, 2.24) is 10.2 Å². The Morgan fingerprint density at radius 2 is 1.73 bits per heavy atom. The van der Waals surface area contributed by atoms with Gasteiger partial charge in [-0.1, -0.05) is 53.0 Å². The van der Waals surface area contributed by atoms with Crippen LogP contribution in [0.1, 0.15) is 36.0 Å². The van der Waals surface area contributed by atoms with Crippen molar-refractivity contribution in [3.63, 3.8) is 0 Å². The summed E-state index contributed by atoms with van der Waals surface area (Å²) in [6.45, 7) is 3.06. The third-order valence-electron chi connectivity index (χ3n) is 4.86. The molecule has 1 aliphatic heterocycles. The monoisotopic (exact) mass is 416 g/mol. The Labute approximate surface area is 169 Å². The van der Waals surface area contributed by atoms with Crippen molar-refractivity contribution < 1.29 is 9.53 Å². The SMILES string of the molecule is O=C(N[C@@H](C1=C(N2CCOCC2)CCCC1)C(Cl)(Cl)Cl)c1ccccc1. The molecule has 0 unspecified atom stereocenters. The van der Waals surface area contributed by atoms with E-state index in [9.17, 15) is 4.79 Å². The number of benzene rings is 1. The second-order valence-electron chi connectivity index (χ2n) is 6.59. The number of carbonyl (C=O) groups is 1. The normalized spacial score (nSPS) is 20.0. The van der Waals surface area contributed by atoms with Crippen LogP contribution in [0.15, 0.2) is 41.6 Å². The van der Waals surface area contributed by atoms with E-state index in [1.54, 1.807) is 12.1 Å². The Kier molecular flexibility index (Phi) is 6.73. The number of halogens is 3. The van der Waals surface area contributed by atoms with Crippen molar-refractivity contribution in [1.29, 1.82) is 0 Å². The van der Waals surface area contributed by atoms with E-state index in [1.165, 1.54) is 5.70 Å². The number of alkyl halides is 3. The molecule has 1 amide bonds. The molecule has 0 spiro atoms. The van der Waals surface area contributed by atoms with Gasteiger partial charge in [0.05, 0.1) is 19.3 Å². The Morgan fingerprint density at radius 1 is 1.08 bits per heavy atom. The zero-order valence-electron chi connectivity index (χ0n) is 14.5. The fraction of sp³-hybridized carbons (Fsp3) is 0.526. The summed E-state index contributed by atoms with van der Waals surface area (Å²) in [5.74, 6) is -0.235. The molecular weight excluding hydrogens is 395 g/mol. The molecule has 0 bridgehead atoms. The largest absolute Gasteiger partial charge is 0.378 e. The number of nitrogens with one attached hydrogen (secondary N) is 1. The van der Waals surface area contributed by atoms with Crippen LogP contribution >= 0.6 is 34.8 Å². The van der Waals surface area contributed by atoms with Gasteiger partial charge in [0.15, 0.2) is 0 Å². The minimum atomic E-state index is -1.62. The van der Waals surface area contributed by atoms with Gasteiger partial charge in [-0.2, -0.15) is 0 Å². The van der Waals surface area contributed by atoms with Gasteiger partial charge >= 0.3 is 0 Å². The van der Waals surface area contributed by atoms with Gasteiger partial charge in [0.25, 0.3) is 5.91 Å². The first-order valence-corrected chi connectivity index (χ1v) is 10.1. The van der Waals surface area contributed by atoms with Gasteiger partial charge < -0.3 is 15.0 Å². The van der Waals surface area contributed by atoms with Gasteiger partial charge in [-0.25, -0.2) is 0 Å². The predicted molar refractivity (Wildman–Crippen MR) is 106 cm³/mol. The van der Waals surface area contributed by atoms with Crippen molar-refractivity contribution in [2.45, 2.75) is 35.5 Å². The molecule has 4 nitrogen and oxygen atoms in total. The lowest BCUT2D eigenvalue weighted by atomic mass is 9.90. The van der Waals surface area contributed by atoms with E-state index in [4.69, 9.17) is 39.5 Å². The molecular formula is C19H23Cl3N2O2. The van der Waals surface area contributed by atoms with E-state index in [1.807, 2.05) is 18.2 Å². The van der Waals surface area contributed by atoms with Crippen molar-refractivity contribution in [3.05, 3.63) is 47.2 Å². The summed E-state index contributed by atoms with van der Waals surface area (Å²) in [6, 6.07) is 8.35. The lowest BCUT2D eigenvalue weighted by molar-refractivity contribution is 0.0502. The van der Waals surface area contributed by atoms with Crippen LogP contribution in [-0.2, 0) is 4.74 Å². The van der Waals surface area contributed by atoms with Gasteiger partial charge in [0, 0.05) is 24.4 Å². The summed E-state index contributed by atoms with van der Waals surface area (Å²) in [5.41, 5.74) is 2.78. The number of amides is 1. The Bertz CT molecular complexity index is 652. The van der Waals surface area contributed by atoms with E-state index in [2.05, 4.69) is 10.2 Å². The standard InChI is InChI=1S/C19H23Cl3N2O2/c20-19(21,22)17(23-18(25)14-6-2-1-3-7-14)15-8-4-5-9-16(15)24-10-12-26-13-11-24/h1-3,6-7,17H,4-5,8-13H2,(H,23,25)/t17-/m0/s1. The first kappa shape index (κ1) is 19.8. The van der Waals surface area contributed by atoms with Gasteiger partial charge in [0.2, 0.25) is 3.79 Å². The topological polar surface area (TPSA) is 41.6 Å². The van der Waals surface area contributed by atoms with Crippen molar-refractivity contribution in [2.24, 2.45) is 0 Å². The maximum absolute atomic E-state index is 12.7. The fourth-order valence-corrected chi connectivity index (χ4v) is 4.15. The summed E-state index contributed by atoms with van der Waals surface area (Å²) >= 11 is 18.9. The van der Waals surface area contributed by atoms with Crippen molar-refractivity contribution >= 4 is 40.7 Å². The quantitative estimate of drug-likeness (QED) is 0.742. The molecule has 1 aromatic carbocycles. The van der Waals surface area contributed by atoms with Crippen LogP contribution in [0.3, 0.4) is 0 Å². The highest BCUT2D eigenvalue weighted by Gasteiger charge is 2.39. The summed E-state index contributed by atoms with van der Waals surface area (Å²) in [6.07, 6.45) is 3.89. The van der Waals surface area contributed by atoms with Crippen LogP contribution < -0.4 is 5.32 Å².